The van der Waals surface area contributed by atoms with Gasteiger partial charge in [-0.1, -0.05) is 22.0 Å². The number of halogens is 3. The number of carboxylic acid groups (broad SMARTS) is 1. The molecule has 0 unspecified atom stereocenters. The number of hydrogen-bond acceptors (Lipinski definition) is 2. The lowest BCUT2D eigenvalue weighted by Gasteiger charge is -2.39. The summed E-state index contributed by atoms with van der Waals surface area (Å²) in [5.41, 5.74) is 4.51. The number of H-pyrrole nitrogens is 1. The molecule has 2 atom stereocenters. The second kappa shape index (κ2) is 5.44. The van der Waals surface area contributed by atoms with Gasteiger partial charge in [0.25, 0.3) is 0 Å². The van der Waals surface area contributed by atoms with E-state index in [1.54, 1.807) is 0 Å². The first kappa shape index (κ1) is 15.9. The monoisotopic (exact) mass is 502 g/mol. The maximum absolute atomic E-state index is 11.5. The first-order valence-corrected chi connectivity index (χ1v) is 9.59. The highest BCUT2D eigenvalue weighted by molar-refractivity contribution is 9.11. The van der Waals surface area contributed by atoms with Crippen LogP contribution >= 0.6 is 47.8 Å². The fourth-order valence-electron chi connectivity index (χ4n) is 3.73. The molecule has 1 aromatic carbocycles. The Morgan fingerprint density at radius 2 is 2.09 bits per heavy atom. The minimum absolute atomic E-state index is 0.200. The van der Waals surface area contributed by atoms with Crippen molar-refractivity contribution in [1.82, 2.24) is 9.88 Å². The molecule has 23 heavy (non-hydrogen) atoms. The van der Waals surface area contributed by atoms with E-state index < -0.39 is 11.9 Å². The quantitative estimate of drug-likeness (QED) is 0.605. The summed E-state index contributed by atoms with van der Waals surface area (Å²) in [5, 5.41) is 10.6. The van der Waals surface area contributed by atoms with Crippen LogP contribution in [0.15, 0.2) is 25.7 Å². The average Bonchev–Trinajstić information content (AvgIpc) is 2.81. The van der Waals surface area contributed by atoms with Crippen molar-refractivity contribution in [2.24, 2.45) is 5.92 Å². The number of rotatable bonds is 1. The Labute approximate surface area is 158 Å². The molecule has 120 valence electrons. The number of nitrogens with one attached hydrogen (secondary N) is 1. The van der Waals surface area contributed by atoms with Crippen molar-refractivity contribution in [3.63, 3.8) is 0 Å². The summed E-state index contributed by atoms with van der Waals surface area (Å²) in [6.45, 7) is 0.540. The first-order valence-electron chi connectivity index (χ1n) is 7.21. The zero-order valence-corrected chi connectivity index (χ0v) is 16.9. The van der Waals surface area contributed by atoms with Crippen molar-refractivity contribution in [1.29, 1.82) is 0 Å². The molecule has 4 rings (SSSR count). The van der Waals surface area contributed by atoms with Gasteiger partial charge in [0.15, 0.2) is 0 Å². The van der Waals surface area contributed by atoms with Gasteiger partial charge in [0.1, 0.15) is 0 Å². The fourth-order valence-corrected chi connectivity index (χ4v) is 5.77. The van der Waals surface area contributed by atoms with Crippen LogP contribution in [-0.2, 0) is 11.2 Å². The van der Waals surface area contributed by atoms with Gasteiger partial charge in [-0.2, -0.15) is 0 Å². The number of aromatic nitrogens is 1. The number of aliphatic carboxylic acids is 1. The molecule has 0 saturated carbocycles. The molecule has 0 bridgehead atoms. The predicted octanol–water partition coefficient (Wildman–Crippen LogP) is 4.41. The normalized spacial score (nSPS) is 23.7. The fraction of sp³-hybridized carbons (Fsp3) is 0.312. The summed E-state index contributed by atoms with van der Waals surface area (Å²) >= 11 is 10.9. The van der Waals surface area contributed by atoms with Crippen LogP contribution in [0.3, 0.4) is 0 Å². The molecule has 2 N–H and O–H groups in total. The van der Waals surface area contributed by atoms with Crippen LogP contribution in [0.4, 0.5) is 0 Å². The third-order valence-electron chi connectivity index (χ3n) is 4.79. The number of carboxylic acids is 1. The summed E-state index contributed by atoms with van der Waals surface area (Å²) in [5.74, 6) is -1.24. The summed E-state index contributed by atoms with van der Waals surface area (Å²) in [6.07, 6.45) is 2.80. The molecule has 1 aliphatic heterocycles. The highest BCUT2D eigenvalue weighted by atomic mass is 79.9. The van der Waals surface area contributed by atoms with Crippen molar-refractivity contribution >= 4 is 70.2 Å². The van der Waals surface area contributed by atoms with Crippen LogP contribution in [0.1, 0.15) is 11.1 Å². The van der Waals surface area contributed by atoms with Crippen LogP contribution in [0.5, 0.6) is 0 Å². The van der Waals surface area contributed by atoms with E-state index in [-0.39, 0.29) is 6.04 Å². The lowest BCUT2D eigenvalue weighted by molar-refractivity contribution is -0.140. The second-order valence-electron chi connectivity index (χ2n) is 6.11. The maximum Gasteiger partial charge on any atom is 0.311 e. The molecule has 2 aromatic rings. The van der Waals surface area contributed by atoms with Crippen LogP contribution in [0.2, 0.25) is 0 Å². The van der Waals surface area contributed by atoms with Gasteiger partial charge in [-0.25, -0.2) is 0 Å². The number of likely N-dealkylation sites (N-methyl/N-ethyl adjacent to an activating group) is 1. The number of nitrogens with zero attached hydrogens (tertiary/aromatic N) is 1. The largest absolute Gasteiger partial charge is 0.481 e. The van der Waals surface area contributed by atoms with E-state index in [0.29, 0.717) is 6.54 Å². The number of aromatic amines is 1. The molecule has 7 heteroatoms. The van der Waals surface area contributed by atoms with Crippen LogP contribution in [-0.4, -0.2) is 40.6 Å². The highest BCUT2D eigenvalue weighted by Crippen LogP contribution is 2.48. The SMILES string of the molecule is CN1C[C@H](C(=O)O)C=C2c3c(Br)cc(Br)c4[nH]c(Br)c(c34)C[C@H]21. The molecule has 0 fully saturated rings. The molecular formula is C16H13Br3N2O2. The van der Waals surface area contributed by atoms with E-state index in [1.807, 2.05) is 19.2 Å². The standard InChI is InChI=1S/C16H13Br3N2O2/c1-21-5-6(16(22)23)2-7-11(21)3-8-13-12(7)9(17)4-10(18)14(13)20-15(8)19/h2,4,6,11,20H,3,5H2,1H3,(H,22,23)/t6-,11-/m1/s1. The molecule has 4 nitrogen and oxygen atoms in total. The zero-order chi connectivity index (χ0) is 16.5. The van der Waals surface area contributed by atoms with Crippen molar-refractivity contribution in [2.45, 2.75) is 12.5 Å². The molecular weight excluding hydrogens is 492 g/mol. The van der Waals surface area contributed by atoms with Crippen LogP contribution in [0, 0.1) is 5.92 Å². The van der Waals surface area contributed by atoms with Crippen molar-refractivity contribution < 1.29 is 9.90 Å². The summed E-state index contributed by atoms with van der Waals surface area (Å²) in [7, 11) is 2.00. The van der Waals surface area contributed by atoms with Crippen molar-refractivity contribution in [3.05, 3.63) is 36.8 Å². The number of benzene rings is 1. The van der Waals surface area contributed by atoms with Gasteiger partial charge in [0.05, 0.1) is 16.0 Å². The molecule has 0 amide bonds. The number of carbonyl (C=O) groups is 1. The van der Waals surface area contributed by atoms with Gasteiger partial charge in [-0.05, 0) is 62.5 Å². The maximum atomic E-state index is 11.5. The minimum Gasteiger partial charge on any atom is -0.481 e. The Morgan fingerprint density at radius 1 is 1.35 bits per heavy atom. The molecule has 0 spiro atoms. The molecule has 1 aromatic heterocycles. The van der Waals surface area contributed by atoms with E-state index >= 15 is 0 Å². The third kappa shape index (κ3) is 2.27. The van der Waals surface area contributed by atoms with E-state index in [1.165, 1.54) is 10.9 Å². The van der Waals surface area contributed by atoms with E-state index in [2.05, 4.69) is 57.7 Å². The Hall–Kier alpha value is -0.630. The summed E-state index contributed by atoms with van der Waals surface area (Å²) in [6, 6.07) is 2.23. The van der Waals surface area contributed by atoms with E-state index in [4.69, 9.17) is 0 Å². The van der Waals surface area contributed by atoms with Gasteiger partial charge in [0.2, 0.25) is 0 Å². The topological polar surface area (TPSA) is 56.3 Å². The molecule has 0 saturated heterocycles. The number of fused-ring (bicyclic) bond motifs is 2. The average molecular weight is 505 g/mol. The Balaban J connectivity index is 2.06. The third-order valence-corrected chi connectivity index (χ3v) is 6.72. The van der Waals surface area contributed by atoms with E-state index in [0.717, 1.165) is 36.6 Å². The first-order chi connectivity index (χ1) is 10.9. The van der Waals surface area contributed by atoms with Crippen LogP contribution < -0.4 is 0 Å². The minimum atomic E-state index is -0.770. The smallest absolute Gasteiger partial charge is 0.311 e. The lowest BCUT2D eigenvalue weighted by Crippen LogP contribution is -2.44. The molecule has 2 aliphatic rings. The van der Waals surface area contributed by atoms with Crippen LogP contribution in [0.25, 0.3) is 16.5 Å². The molecule has 0 radical (unpaired) electrons. The van der Waals surface area contributed by atoms with Crippen molar-refractivity contribution in [3.8, 4) is 0 Å². The molecule has 1 aliphatic carbocycles. The Morgan fingerprint density at radius 3 is 2.78 bits per heavy atom. The second-order valence-corrected chi connectivity index (χ2v) is 8.61. The van der Waals surface area contributed by atoms with Gasteiger partial charge in [0, 0.05) is 32.5 Å². The number of hydrogen-bond donors (Lipinski definition) is 2. The Kier molecular flexibility index (Phi) is 3.75. The lowest BCUT2D eigenvalue weighted by atomic mass is 9.80. The highest BCUT2D eigenvalue weighted by Gasteiger charge is 2.37. The van der Waals surface area contributed by atoms with Gasteiger partial charge in [-0.15, -0.1) is 0 Å². The summed E-state index contributed by atoms with van der Waals surface area (Å²) < 4.78 is 2.98. The van der Waals surface area contributed by atoms with E-state index in [9.17, 15) is 9.90 Å². The molecule has 2 heterocycles. The van der Waals surface area contributed by atoms with Gasteiger partial charge in [-0.3, -0.25) is 9.69 Å². The van der Waals surface area contributed by atoms with Gasteiger partial charge < -0.3 is 10.1 Å². The Bertz CT molecular complexity index is 887. The predicted molar refractivity (Wildman–Crippen MR) is 101 cm³/mol. The van der Waals surface area contributed by atoms with Crippen molar-refractivity contribution in [2.75, 3.05) is 13.6 Å². The zero-order valence-electron chi connectivity index (χ0n) is 12.2. The van der Waals surface area contributed by atoms with Gasteiger partial charge >= 0.3 is 5.97 Å². The summed E-state index contributed by atoms with van der Waals surface area (Å²) in [4.78, 5) is 17.1.